The Morgan fingerprint density at radius 1 is 0.439 bits per heavy atom. The topological polar surface area (TPSA) is 224 Å². The molecule has 14 heteroatoms. The Morgan fingerprint density at radius 2 is 0.727 bits per heavy atom. The molecule has 13 nitrogen and oxygen atoms in total. The molecule has 0 saturated carbocycles. The maximum Gasteiger partial charge on any atom is 2.00 e. The first-order valence-electron chi connectivity index (χ1n) is 20.8. The molecule has 66 heavy (non-hydrogen) atoms. The van der Waals surface area contributed by atoms with Gasteiger partial charge in [0.25, 0.3) is 5.91 Å². The summed E-state index contributed by atoms with van der Waals surface area (Å²) in [4.78, 5) is 66.5. The molecule has 9 rings (SSSR count). The molecule has 0 saturated heterocycles. The van der Waals surface area contributed by atoms with Crippen LogP contribution in [0.25, 0.3) is 90.9 Å². The number of nitrogens with one attached hydrogen (secondary N) is 3. The van der Waals surface area contributed by atoms with E-state index in [4.69, 9.17) is 15.7 Å². The molecule has 1 amide bonds. The molecule has 3 aromatic heterocycles. The summed E-state index contributed by atoms with van der Waals surface area (Å²) in [6.45, 7) is 1.06. The Kier molecular flexibility index (Phi) is 12.7. The fraction of sp³-hybridized carbons (Fsp3) is 0.0769. The van der Waals surface area contributed by atoms with E-state index in [2.05, 4.69) is 15.3 Å². The zero-order chi connectivity index (χ0) is 45.2. The number of nitrogens with two attached hydrogens (primary N) is 1. The molecule has 0 atom stereocenters. The molecule has 0 fully saturated rings. The number of carboxylic acid groups (broad SMARTS) is 3. The predicted octanol–water partition coefficient (Wildman–Crippen LogP) is 9.88. The van der Waals surface area contributed by atoms with Crippen LogP contribution < -0.4 is 11.1 Å². The van der Waals surface area contributed by atoms with Crippen LogP contribution in [-0.4, -0.2) is 72.2 Å². The van der Waals surface area contributed by atoms with Gasteiger partial charge in [0.1, 0.15) is 0 Å². The van der Waals surface area contributed by atoms with E-state index in [9.17, 15) is 34.5 Å². The van der Waals surface area contributed by atoms with E-state index in [0.717, 1.165) is 24.0 Å². The molecule has 2 aliphatic heterocycles. The van der Waals surface area contributed by atoms with Crippen LogP contribution >= 0.6 is 0 Å². The number of aromatic nitrogens is 4. The van der Waals surface area contributed by atoms with E-state index in [0.29, 0.717) is 96.9 Å². The van der Waals surface area contributed by atoms with Gasteiger partial charge in [0.15, 0.2) is 0 Å². The number of H-pyrrole nitrogens is 2. The van der Waals surface area contributed by atoms with E-state index in [-0.39, 0.29) is 39.7 Å². The van der Waals surface area contributed by atoms with Crippen molar-refractivity contribution in [3.63, 3.8) is 0 Å². The second kappa shape index (κ2) is 18.9. The molecule has 0 unspecified atom stereocenters. The van der Waals surface area contributed by atoms with Crippen LogP contribution in [0.2, 0.25) is 0 Å². The van der Waals surface area contributed by atoms with Gasteiger partial charge in [-0.05, 0) is 139 Å². The number of hydrogen-bond donors (Lipinski definition) is 7. The Morgan fingerprint density at radius 3 is 1.00 bits per heavy atom. The van der Waals surface area contributed by atoms with Crippen molar-refractivity contribution in [3.05, 3.63) is 166 Å². The van der Waals surface area contributed by atoms with Gasteiger partial charge in [-0.15, -0.1) is 0 Å². The van der Waals surface area contributed by atoms with E-state index in [1.54, 1.807) is 72.8 Å². The second-order valence-electron chi connectivity index (χ2n) is 15.5. The van der Waals surface area contributed by atoms with Gasteiger partial charge in [-0.3, -0.25) is 4.79 Å². The molecular formula is C52H40MnN6O7+2. The summed E-state index contributed by atoms with van der Waals surface area (Å²) < 4.78 is 0. The van der Waals surface area contributed by atoms with Crippen molar-refractivity contribution in [2.45, 2.75) is 12.8 Å². The molecule has 7 aromatic rings. The quantitative estimate of drug-likeness (QED) is 0.0454. The first-order chi connectivity index (χ1) is 31.6. The number of aromatic carboxylic acids is 3. The van der Waals surface area contributed by atoms with Crippen LogP contribution in [0.15, 0.2) is 121 Å². The van der Waals surface area contributed by atoms with Crippen molar-refractivity contribution in [2.24, 2.45) is 5.73 Å². The van der Waals surface area contributed by atoms with Crippen molar-refractivity contribution in [1.82, 2.24) is 25.3 Å². The van der Waals surface area contributed by atoms with Crippen LogP contribution in [0.4, 0.5) is 0 Å². The van der Waals surface area contributed by atoms with Gasteiger partial charge >= 0.3 is 35.0 Å². The number of benzene rings is 4. The Balaban J connectivity index is 0.00000592. The molecule has 0 spiro atoms. The number of rotatable bonds is 12. The Labute approximate surface area is 387 Å². The van der Waals surface area contributed by atoms with Gasteiger partial charge < -0.3 is 36.3 Å². The van der Waals surface area contributed by atoms with Crippen LogP contribution in [0.5, 0.6) is 0 Å². The van der Waals surface area contributed by atoms with E-state index in [1.807, 2.05) is 60.7 Å². The number of carbonyl (C=O) groups excluding carboxylic acids is 1. The van der Waals surface area contributed by atoms with Crippen molar-refractivity contribution in [2.75, 3.05) is 13.1 Å². The summed E-state index contributed by atoms with van der Waals surface area (Å²) in [6.07, 6.45) is 9.18. The third kappa shape index (κ3) is 8.84. The normalized spacial score (nSPS) is 11.5. The maximum absolute atomic E-state index is 13.1. The minimum atomic E-state index is -1.06. The van der Waals surface area contributed by atoms with Crippen molar-refractivity contribution >= 4 is 70.2 Å². The third-order valence-electron chi connectivity index (χ3n) is 11.4. The maximum atomic E-state index is 13.1. The summed E-state index contributed by atoms with van der Waals surface area (Å²) in [5, 5.41) is 32.2. The molecule has 325 valence electrons. The molecule has 2 aliphatic rings. The van der Waals surface area contributed by atoms with Gasteiger partial charge in [0, 0.05) is 56.4 Å². The summed E-state index contributed by atoms with van der Waals surface area (Å²) in [5.74, 6) is -3.36. The Hall–Kier alpha value is -8.16. The summed E-state index contributed by atoms with van der Waals surface area (Å²) >= 11 is 0. The van der Waals surface area contributed by atoms with E-state index < -0.39 is 17.9 Å². The fourth-order valence-electron chi connectivity index (χ4n) is 8.12. The van der Waals surface area contributed by atoms with Crippen LogP contribution in [-0.2, 0) is 17.1 Å². The number of aromatic amines is 2. The summed E-state index contributed by atoms with van der Waals surface area (Å²) in [5.41, 5.74) is 17.2. The smallest absolute Gasteiger partial charge is 0.478 e. The average molecular weight is 916 g/mol. The first kappa shape index (κ1) is 44.4. The largest absolute Gasteiger partial charge is 2.00 e. The molecule has 0 aliphatic carbocycles. The predicted molar refractivity (Wildman–Crippen MR) is 252 cm³/mol. The van der Waals surface area contributed by atoms with Crippen molar-refractivity contribution in [3.8, 4) is 44.5 Å². The van der Waals surface area contributed by atoms with Crippen LogP contribution in [0.1, 0.15) is 77.0 Å². The van der Waals surface area contributed by atoms with Gasteiger partial charge in [0.05, 0.1) is 39.5 Å². The monoisotopic (exact) mass is 915 g/mol. The number of carboxylic acids is 3. The molecule has 1 radical (unpaired) electrons. The number of carbonyl (C=O) groups is 4. The van der Waals surface area contributed by atoms with Gasteiger partial charge in [-0.2, -0.15) is 0 Å². The molecule has 5 heterocycles. The molecule has 8 bridgehead atoms. The average Bonchev–Trinajstić information content (AvgIpc) is 4.17. The zero-order valence-corrected chi connectivity index (χ0v) is 36.2. The van der Waals surface area contributed by atoms with Gasteiger partial charge in [-0.25, -0.2) is 24.4 Å². The minimum absolute atomic E-state index is 0. The standard InChI is InChI=1S/C52H40N6O7.Mn/c53-27-1-2-28-54-49(59)33-11-3-29(4-12-33)45-37-19-21-39(55-37)46(30-5-13-34(14-6-30)50(60)61)41-23-25-43(57-41)48(32-9-17-36(18-10-32)52(64)65)44-26-24-42(58-44)47(40-22-20-38(45)56-40)31-7-15-35(16-8-31)51(62)63;/h3-26,55,58H,1-2,27-28,53H2,(H,54,59)(H,60,61)(H,62,63)(H,64,65);/q;+2. The van der Waals surface area contributed by atoms with E-state index in [1.165, 1.54) is 12.1 Å². The van der Waals surface area contributed by atoms with Crippen LogP contribution in [0, 0.1) is 0 Å². The third-order valence-corrected chi connectivity index (χ3v) is 11.4. The van der Waals surface area contributed by atoms with E-state index >= 15 is 0 Å². The minimum Gasteiger partial charge on any atom is -0.478 e. The number of nitrogens with zero attached hydrogens (tertiary/aromatic N) is 2. The molecular weight excluding hydrogens is 876 g/mol. The van der Waals surface area contributed by atoms with Crippen LogP contribution in [0.3, 0.4) is 0 Å². The zero-order valence-electron chi connectivity index (χ0n) is 35.0. The fourth-order valence-corrected chi connectivity index (χ4v) is 8.12. The number of hydrogen-bond acceptors (Lipinski definition) is 7. The number of unbranched alkanes of at least 4 members (excludes halogenated alkanes) is 1. The number of amides is 1. The summed E-state index contributed by atoms with van der Waals surface area (Å²) in [6, 6.07) is 34.7. The Bertz CT molecular complexity index is 3230. The molecule has 8 N–H and O–H groups in total. The second-order valence-corrected chi connectivity index (χ2v) is 15.5. The summed E-state index contributed by atoms with van der Waals surface area (Å²) in [7, 11) is 0. The molecule has 4 aromatic carbocycles. The van der Waals surface area contributed by atoms with Crippen molar-refractivity contribution in [1.29, 1.82) is 0 Å². The van der Waals surface area contributed by atoms with Gasteiger partial charge in [-0.1, -0.05) is 48.5 Å². The SMILES string of the molecule is NCCCCNC(=O)c1ccc(-c2c3nc(c(-c4ccc(C(=O)O)cc4)c4ccc([nH]4)c(-c4ccc(C(=O)O)cc4)c4nc(c(-c5ccc(C(=O)O)cc5)c5ccc2[nH]5)C=C4)C=C3)cc1.[Mn+2]. The van der Waals surface area contributed by atoms with Gasteiger partial charge in [0.2, 0.25) is 0 Å². The first-order valence-corrected chi connectivity index (χ1v) is 20.8. The number of fused-ring (bicyclic) bond motifs is 8. The van der Waals surface area contributed by atoms with Crippen molar-refractivity contribution < 1.29 is 51.6 Å².